The van der Waals surface area contributed by atoms with E-state index in [1.54, 1.807) is 23.3 Å². The van der Waals surface area contributed by atoms with Gasteiger partial charge in [-0.2, -0.15) is 9.78 Å². The van der Waals surface area contributed by atoms with Gasteiger partial charge >= 0.3 is 0 Å². The molecule has 5 heteroatoms. The van der Waals surface area contributed by atoms with Crippen LogP contribution in [0.2, 0.25) is 0 Å². The average molecular weight is 325 g/mol. The first-order chi connectivity index (χ1) is 12.4. The molecule has 0 aliphatic carbocycles. The topological polar surface area (TPSA) is 56.0 Å². The molecule has 0 fully saturated rings. The molecule has 0 aliphatic heterocycles. The van der Waals surface area contributed by atoms with Gasteiger partial charge in [-0.05, 0) is 6.07 Å². The van der Waals surface area contributed by atoms with Crippen LogP contribution in [0.15, 0.2) is 90.3 Å². The van der Waals surface area contributed by atoms with Crippen molar-refractivity contribution in [2.45, 2.75) is 0 Å². The Kier molecular flexibility index (Phi) is 4.12. The Labute approximate surface area is 145 Å². The molecular weight excluding hydrogens is 310 g/mol. The van der Waals surface area contributed by atoms with Gasteiger partial charge in [-0.15, -0.1) is 10.2 Å². The summed E-state index contributed by atoms with van der Waals surface area (Å²) in [6.45, 7) is 0. The number of rotatable bonds is 4. The summed E-state index contributed by atoms with van der Waals surface area (Å²) >= 11 is 0. The Morgan fingerprint density at radius 2 is 1.32 bits per heavy atom. The molecule has 5 nitrogen and oxygen atoms in total. The van der Waals surface area contributed by atoms with Crippen LogP contribution in [0.25, 0.3) is 22.8 Å². The summed E-state index contributed by atoms with van der Waals surface area (Å²) < 4.78 is 1.76. The number of pyridine rings is 1. The summed E-state index contributed by atoms with van der Waals surface area (Å²) in [7, 11) is 0. The Hall–Kier alpha value is -3.60. The summed E-state index contributed by atoms with van der Waals surface area (Å²) in [5, 5.41) is 13.3. The molecular formula is C20H15N5. The molecule has 4 aromatic rings. The van der Waals surface area contributed by atoms with E-state index < -0.39 is 0 Å². The summed E-state index contributed by atoms with van der Waals surface area (Å²) in [5.74, 6) is 1.39. The van der Waals surface area contributed by atoms with Gasteiger partial charge in [0.2, 0.25) is 0 Å². The van der Waals surface area contributed by atoms with E-state index in [4.69, 9.17) is 0 Å². The van der Waals surface area contributed by atoms with Gasteiger partial charge in [-0.1, -0.05) is 66.7 Å². The number of nitrogens with zero attached hydrogens (tertiary/aromatic N) is 5. The van der Waals surface area contributed by atoms with Crippen LogP contribution in [-0.4, -0.2) is 26.1 Å². The molecule has 0 radical (unpaired) electrons. The van der Waals surface area contributed by atoms with Crippen molar-refractivity contribution < 1.29 is 0 Å². The van der Waals surface area contributed by atoms with Crippen LogP contribution in [0.1, 0.15) is 5.56 Å². The van der Waals surface area contributed by atoms with Gasteiger partial charge in [-0.3, -0.25) is 4.98 Å². The van der Waals surface area contributed by atoms with Gasteiger partial charge in [0.05, 0.1) is 6.21 Å². The van der Waals surface area contributed by atoms with Crippen LogP contribution in [0.3, 0.4) is 0 Å². The zero-order valence-electron chi connectivity index (χ0n) is 13.4. The number of hydrogen-bond donors (Lipinski definition) is 0. The lowest BCUT2D eigenvalue weighted by Gasteiger charge is -2.05. The summed E-state index contributed by atoms with van der Waals surface area (Å²) in [4.78, 5) is 4.11. The van der Waals surface area contributed by atoms with Gasteiger partial charge in [0.25, 0.3) is 0 Å². The fourth-order valence-corrected chi connectivity index (χ4v) is 2.50. The van der Waals surface area contributed by atoms with Crippen LogP contribution in [0.5, 0.6) is 0 Å². The van der Waals surface area contributed by atoms with Gasteiger partial charge in [-0.25, -0.2) is 0 Å². The maximum atomic E-state index is 4.62. The third kappa shape index (κ3) is 3.21. The minimum Gasteiger partial charge on any atom is -0.264 e. The van der Waals surface area contributed by atoms with Crippen LogP contribution in [0, 0.1) is 0 Å². The predicted molar refractivity (Wildman–Crippen MR) is 98.1 cm³/mol. The fourth-order valence-electron chi connectivity index (χ4n) is 2.50. The normalized spacial score (nSPS) is 11.0. The van der Waals surface area contributed by atoms with Crippen LogP contribution in [-0.2, 0) is 0 Å². The van der Waals surface area contributed by atoms with E-state index >= 15 is 0 Å². The van der Waals surface area contributed by atoms with Crippen molar-refractivity contribution in [1.82, 2.24) is 19.9 Å². The monoisotopic (exact) mass is 325 g/mol. The van der Waals surface area contributed by atoms with Crippen molar-refractivity contribution in [2.24, 2.45) is 5.10 Å². The summed E-state index contributed by atoms with van der Waals surface area (Å²) in [5.41, 5.74) is 2.83. The fraction of sp³-hybridized carbons (Fsp3) is 0. The van der Waals surface area contributed by atoms with E-state index in [2.05, 4.69) is 20.3 Å². The second kappa shape index (κ2) is 6.88. The van der Waals surface area contributed by atoms with E-state index in [-0.39, 0.29) is 0 Å². The molecule has 0 bridgehead atoms. The largest absolute Gasteiger partial charge is 0.264 e. The van der Waals surface area contributed by atoms with Crippen LogP contribution in [0.4, 0.5) is 0 Å². The van der Waals surface area contributed by atoms with Crippen molar-refractivity contribution in [3.63, 3.8) is 0 Å². The highest BCUT2D eigenvalue weighted by Gasteiger charge is 2.14. The molecule has 0 unspecified atom stereocenters. The Morgan fingerprint density at radius 1 is 0.720 bits per heavy atom. The lowest BCUT2D eigenvalue weighted by molar-refractivity contribution is 0.898. The van der Waals surface area contributed by atoms with Crippen molar-refractivity contribution in [3.05, 3.63) is 90.8 Å². The molecule has 0 aliphatic rings. The summed E-state index contributed by atoms with van der Waals surface area (Å²) in [6.07, 6.45) is 5.26. The lowest BCUT2D eigenvalue weighted by Crippen LogP contribution is -1.97. The molecule has 2 aromatic carbocycles. The Morgan fingerprint density at radius 3 is 1.84 bits per heavy atom. The maximum Gasteiger partial charge on any atom is 0.185 e. The van der Waals surface area contributed by atoms with Gasteiger partial charge in [0, 0.05) is 29.1 Å². The van der Waals surface area contributed by atoms with E-state index in [1.807, 2.05) is 72.8 Å². The third-order valence-electron chi connectivity index (χ3n) is 3.71. The molecule has 120 valence electrons. The molecule has 0 saturated carbocycles. The van der Waals surface area contributed by atoms with Crippen LogP contribution >= 0.6 is 0 Å². The molecule has 0 amide bonds. The van der Waals surface area contributed by atoms with E-state index in [1.165, 1.54) is 0 Å². The molecule has 0 atom stereocenters. The molecule has 0 N–H and O–H groups in total. The molecule has 25 heavy (non-hydrogen) atoms. The van der Waals surface area contributed by atoms with Gasteiger partial charge < -0.3 is 0 Å². The smallest absolute Gasteiger partial charge is 0.185 e. The molecule has 2 aromatic heterocycles. The quantitative estimate of drug-likeness (QED) is 0.535. The van der Waals surface area contributed by atoms with E-state index in [9.17, 15) is 0 Å². The first kappa shape index (κ1) is 15.0. The highest BCUT2D eigenvalue weighted by atomic mass is 15.5. The van der Waals surface area contributed by atoms with E-state index in [0.717, 1.165) is 16.7 Å². The van der Waals surface area contributed by atoms with Gasteiger partial charge in [0.1, 0.15) is 0 Å². The summed E-state index contributed by atoms with van der Waals surface area (Å²) in [6, 6.07) is 23.6. The standard InChI is InChI=1S/C20H15N5/c1-3-9-17(10-4-1)19-23-24-20(18-11-5-2-6-12-18)25(19)22-15-16-8-7-13-21-14-16/h1-15H/b22-15-. The highest BCUT2D eigenvalue weighted by molar-refractivity contribution is 5.79. The first-order valence-electron chi connectivity index (χ1n) is 7.92. The molecule has 2 heterocycles. The van der Waals surface area contributed by atoms with Crippen molar-refractivity contribution in [1.29, 1.82) is 0 Å². The predicted octanol–water partition coefficient (Wildman–Crippen LogP) is 3.89. The second-order valence-electron chi connectivity index (χ2n) is 5.42. The van der Waals surface area contributed by atoms with Gasteiger partial charge in [0.15, 0.2) is 11.6 Å². The molecule has 0 spiro atoms. The minimum atomic E-state index is 0.694. The SMILES string of the molecule is C(=N/n1c(-c2ccccc2)nnc1-c1ccccc1)/c1cccnc1. The first-order valence-corrected chi connectivity index (χ1v) is 7.92. The Balaban J connectivity index is 1.84. The zero-order valence-corrected chi connectivity index (χ0v) is 13.4. The minimum absolute atomic E-state index is 0.694. The van der Waals surface area contributed by atoms with Crippen molar-refractivity contribution in [2.75, 3.05) is 0 Å². The number of aromatic nitrogens is 4. The zero-order chi connectivity index (χ0) is 16.9. The maximum absolute atomic E-state index is 4.62. The van der Waals surface area contributed by atoms with Crippen molar-refractivity contribution in [3.8, 4) is 22.8 Å². The Bertz CT molecular complexity index is 920. The molecule has 4 rings (SSSR count). The number of hydrogen-bond acceptors (Lipinski definition) is 4. The average Bonchev–Trinajstić information content (AvgIpc) is 3.12. The third-order valence-corrected chi connectivity index (χ3v) is 3.71. The van der Waals surface area contributed by atoms with E-state index in [0.29, 0.717) is 11.6 Å². The highest BCUT2D eigenvalue weighted by Crippen LogP contribution is 2.24. The second-order valence-corrected chi connectivity index (χ2v) is 5.42. The van der Waals surface area contributed by atoms with Crippen LogP contribution < -0.4 is 0 Å². The number of benzene rings is 2. The molecule has 0 saturated heterocycles. The lowest BCUT2D eigenvalue weighted by atomic mass is 10.2. The van der Waals surface area contributed by atoms with Crippen molar-refractivity contribution >= 4 is 6.21 Å².